The van der Waals surface area contributed by atoms with Crippen LogP contribution in [0.2, 0.25) is 0 Å². The zero-order chi connectivity index (χ0) is 19.6. The lowest BCUT2D eigenvalue weighted by atomic mass is 9.98. The molecule has 1 N–H and O–H groups in total. The van der Waals surface area contributed by atoms with E-state index < -0.39 is 18.1 Å². The van der Waals surface area contributed by atoms with Gasteiger partial charge in [0.1, 0.15) is 12.6 Å². The number of benzene rings is 2. The van der Waals surface area contributed by atoms with Crippen LogP contribution in [0.4, 0.5) is 4.79 Å². The van der Waals surface area contributed by atoms with E-state index in [9.17, 15) is 14.7 Å². The van der Waals surface area contributed by atoms with Crippen LogP contribution in [0, 0.1) is 5.92 Å². The molecule has 0 spiro atoms. The molecule has 1 aliphatic carbocycles. The van der Waals surface area contributed by atoms with Gasteiger partial charge in [0.15, 0.2) is 0 Å². The second-order valence-corrected chi connectivity index (χ2v) is 7.12. The zero-order valence-electron chi connectivity index (χ0n) is 15.9. The lowest BCUT2D eigenvalue weighted by Crippen LogP contribution is -2.48. The third-order valence-electron chi connectivity index (χ3n) is 5.13. The summed E-state index contributed by atoms with van der Waals surface area (Å²) in [6.45, 7) is 5.82. The minimum absolute atomic E-state index is 0.0395. The van der Waals surface area contributed by atoms with Gasteiger partial charge in [-0.1, -0.05) is 62.4 Å². The maximum Gasteiger partial charge on any atom is 0.410 e. The van der Waals surface area contributed by atoms with Crippen LogP contribution in [-0.4, -0.2) is 41.3 Å². The van der Waals surface area contributed by atoms with Crippen LogP contribution in [0.15, 0.2) is 48.5 Å². The quantitative estimate of drug-likeness (QED) is 0.823. The monoisotopic (exact) mass is 367 g/mol. The highest BCUT2D eigenvalue weighted by atomic mass is 16.6. The van der Waals surface area contributed by atoms with Crippen LogP contribution in [0.3, 0.4) is 0 Å². The number of likely N-dealkylation sites (N-methyl/N-ethyl adjacent to an activating group) is 1. The fourth-order valence-electron chi connectivity index (χ4n) is 3.89. The highest BCUT2D eigenvalue weighted by Gasteiger charge is 2.34. The number of rotatable bonds is 6. The smallest absolute Gasteiger partial charge is 0.410 e. The molecule has 3 rings (SSSR count). The van der Waals surface area contributed by atoms with Gasteiger partial charge >= 0.3 is 12.1 Å². The Morgan fingerprint density at radius 2 is 1.56 bits per heavy atom. The average molecular weight is 367 g/mol. The number of carbonyl (C=O) groups is 2. The van der Waals surface area contributed by atoms with Crippen molar-refractivity contribution in [1.29, 1.82) is 0 Å². The van der Waals surface area contributed by atoms with E-state index in [1.807, 2.05) is 24.3 Å². The molecule has 1 unspecified atom stereocenters. The van der Waals surface area contributed by atoms with Crippen LogP contribution in [0.1, 0.15) is 37.8 Å². The Hall–Kier alpha value is -2.82. The summed E-state index contributed by atoms with van der Waals surface area (Å²) < 4.78 is 5.60. The molecule has 5 nitrogen and oxygen atoms in total. The lowest BCUT2D eigenvalue weighted by Gasteiger charge is -2.30. The van der Waals surface area contributed by atoms with E-state index in [1.54, 1.807) is 20.8 Å². The molecule has 0 aliphatic heterocycles. The summed E-state index contributed by atoms with van der Waals surface area (Å²) in [6.07, 6.45) is -0.583. The molecule has 0 radical (unpaired) electrons. The van der Waals surface area contributed by atoms with Crippen LogP contribution < -0.4 is 0 Å². The normalized spacial score (nSPS) is 13.8. The number of aliphatic carboxylic acids is 1. The number of hydrogen-bond acceptors (Lipinski definition) is 3. The molecule has 0 saturated carbocycles. The molecule has 142 valence electrons. The van der Waals surface area contributed by atoms with Gasteiger partial charge < -0.3 is 9.84 Å². The van der Waals surface area contributed by atoms with Crippen LogP contribution in [0.25, 0.3) is 11.1 Å². The maximum absolute atomic E-state index is 12.6. The fourth-order valence-corrected chi connectivity index (χ4v) is 3.89. The Morgan fingerprint density at radius 3 is 2.00 bits per heavy atom. The van der Waals surface area contributed by atoms with Crippen molar-refractivity contribution in [1.82, 2.24) is 4.90 Å². The summed E-state index contributed by atoms with van der Waals surface area (Å²) in [5.41, 5.74) is 4.58. The number of amides is 1. The molecule has 2 aromatic rings. The van der Waals surface area contributed by atoms with Gasteiger partial charge in [0.25, 0.3) is 0 Å². The molecule has 0 heterocycles. The standard InChI is InChI=1S/C22H25NO4/c1-4-23(20(14(2)3)21(24)25)22(26)27-13-19-17-11-7-5-9-15(17)16-10-6-8-12-18(16)19/h5-12,14,19-20H,4,13H2,1-3H3,(H,24,25). The third-order valence-corrected chi connectivity index (χ3v) is 5.13. The first-order chi connectivity index (χ1) is 13.0. The largest absolute Gasteiger partial charge is 0.480 e. The summed E-state index contributed by atoms with van der Waals surface area (Å²) in [6, 6.07) is 15.3. The molecule has 2 aromatic carbocycles. The molecule has 5 heteroatoms. The first-order valence-electron chi connectivity index (χ1n) is 9.30. The third kappa shape index (κ3) is 3.54. The molecule has 0 fully saturated rings. The molecule has 0 bridgehead atoms. The van der Waals surface area contributed by atoms with Gasteiger partial charge in [0, 0.05) is 12.5 Å². The van der Waals surface area contributed by atoms with Gasteiger partial charge in [-0.25, -0.2) is 9.59 Å². The lowest BCUT2D eigenvalue weighted by molar-refractivity contribution is -0.144. The van der Waals surface area contributed by atoms with Crippen molar-refractivity contribution in [2.45, 2.75) is 32.7 Å². The minimum atomic E-state index is -1.01. The van der Waals surface area contributed by atoms with Gasteiger partial charge in [0.05, 0.1) is 0 Å². The first kappa shape index (κ1) is 19.0. The van der Waals surface area contributed by atoms with Crippen molar-refractivity contribution in [3.63, 3.8) is 0 Å². The van der Waals surface area contributed by atoms with Crippen molar-refractivity contribution in [2.24, 2.45) is 5.92 Å². The summed E-state index contributed by atoms with van der Waals surface area (Å²) >= 11 is 0. The molecule has 1 aliphatic rings. The maximum atomic E-state index is 12.6. The van der Waals surface area contributed by atoms with E-state index in [4.69, 9.17) is 4.74 Å². The SMILES string of the molecule is CCN(C(=O)OCC1c2ccccc2-c2ccccc21)C(C(=O)O)C(C)C. The van der Waals surface area contributed by atoms with Crippen molar-refractivity contribution < 1.29 is 19.4 Å². The second kappa shape index (κ2) is 7.82. The van der Waals surface area contributed by atoms with Gasteiger partial charge in [-0.05, 0) is 35.1 Å². The predicted octanol–water partition coefficient (Wildman–Crippen LogP) is 4.37. The number of ether oxygens (including phenoxy) is 1. The van der Waals surface area contributed by atoms with Crippen molar-refractivity contribution in [3.8, 4) is 11.1 Å². The van der Waals surface area contributed by atoms with Crippen LogP contribution in [0.5, 0.6) is 0 Å². The molecule has 0 aromatic heterocycles. The molecular weight excluding hydrogens is 342 g/mol. The topological polar surface area (TPSA) is 66.8 Å². The molecule has 1 atom stereocenters. The number of carboxylic acid groups (broad SMARTS) is 1. The molecule has 1 amide bonds. The summed E-state index contributed by atoms with van der Waals surface area (Å²) in [4.78, 5) is 25.5. The predicted molar refractivity (Wildman–Crippen MR) is 104 cm³/mol. The number of carboxylic acids is 1. The van der Waals surface area contributed by atoms with E-state index >= 15 is 0 Å². The Morgan fingerprint density at radius 1 is 1.04 bits per heavy atom. The van der Waals surface area contributed by atoms with Crippen LogP contribution >= 0.6 is 0 Å². The Balaban J connectivity index is 1.80. The van der Waals surface area contributed by atoms with Crippen molar-refractivity contribution >= 4 is 12.1 Å². The van der Waals surface area contributed by atoms with E-state index in [2.05, 4.69) is 24.3 Å². The molecular formula is C22H25NO4. The number of hydrogen-bond donors (Lipinski definition) is 1. The van der Waals surface area contributed by atoms with Gasteiger partial charge in [-0.3, -0.25) is 4.90 Å². The molecule has 0 saturated heterocycles. The summed E-state index contributed by atoms with van der Waals surface area (Å²) in [5, 5.41) is 9.48. The van der Waals surface area contributed by atoms with E-state index in [0.717, 1.165) is 22.3 Å². The highest BCUT2D eigenvalue weighted by molar-refractivity contribution is 5.81. The van der Waals surface area contributed by atoms with Crippen LogP contribution in [-0.2, 0) is 9.53 Å². The Labute approximate surface area is 159 Å². The number of fused-ring (bicyclic) bond motifs is 3. The summed E-state index contributed by atoms with van der Waals surface area (Å²) in [5.74, 6) is -1.26. The van der Waals surface area contributed by atoms with Gasteiger partial charge in [0.2, 0.25) is 0 Å². The summed E-state index contributed by atoms with van der Waals surface area (Å²) in [7, 11) is 0. The highest BCUT2D eigenvalue weighted by Crippen LogP contribution is 2.44. The van der Waals surface area contributed by atoms with E-state index in [1.165, 1.54) is 4.90 Å². The van der Waals surface area contributed by atoms with Gasteiger partial charge in [-0.2, -0.15) is 0 Å². The van der Waals surface area contributed by atoms with Crippen molar-refractivity contribution in [2.75, 3.05) is 13.2 Å². The number of carbonyl (C=O) groups excluding carboxylic acids is 1. The van der Waals surface area contributed by atoms with E-state index in [-0.39, 0.29) is 25.0 Å². The first-order valence-corrected chi connectivity index (χ1v) is 9.30. The second-order valence-electron chi connectivity index (χ2n) is 7.12. The number of nitrogens with zero attached hydrogens (tertiary/aromatic N) is 1. The zero-order valence-corrected chi connectivity index (χ0v) is 15.9. The minimum Gasteiger partial charge on any atom is -0.480 e. The average Bonchev–Trinajstić information content (AvgIpc) is 2.97. The van der Waals surface area contributed by atoms with Gasteiger partial charge in [-0.15, -0.1) is 0 Å². The van der Waals surface area contributed by atoms with E-state index in [0.29, 0.717) is 0 Å². The van der Waals surface area contributed by atoms with Crippen molar-refractivity contribution in [3.05, 3.63) is 59.7 Å². The Kier molecular flexibility index (Phi) is 5.49. The Bertz CT molecular complexity index is 800. The molecule has 27 heavy (non-hydrogen) atoms. The fraction of sp³-hybridized carbons (Fsp3) is 0.364.